The summed E-state index contributed by atoms with van der Waals surface area (Å²) >= 11 is 1.64. The highest BCUT2D eigenvalue weighted by Gasteiger charge is 2.47. The third kappa shape index (κ3) is 3.33. The highest BCUT2D eigenvalue weighted by atomic mass is 32.1. The van der Waals surface area contributed by atoms with Crippen molar-refractivity contribution in [2.45, 2.75) is 25.3 Å². The Morgan fingerprint density at radius 2 is 2.30 bits per heavy atom. The molecule has 2 aliphatic rings. The first kappa shape index (κ1) is 14.9. The minimum Gasteiger partial charge on any atom is -0.469 e. The molecule has 0 unspecified atom stereocenters. The molecule has 0 spiro atoms. The highest BCUT2D eigenvalue weighted by molar-refractivity contribution is 7.07. The first-order valence-corrected chi connectivity index (χ1v) is 9.17. The number of carbonyl (C=O) groups excluding carboxylic acids is 1. The average molecular weight is 331 g/mol. The van der Waals surface area contributed by atoms with Crippen molar-refractivity contribution in [2.75, 3.05) is 26.2 Å². The lowest BCUT2D eigenvalue weighted by Gasteiger charge is -2.21. The predicted molar refractivity (Wildman–Crippen MR) is 88.1 cm³/mol. The van der Waals surface area contributed by atoms with Gasteiger partial charge >= 0.3 is 0 Å². The minimum absolute atomic E-state index is 0.131. The van der Waals surface area contributed by atoms with Crippen LogP contribution in [0.1, 0.15) is 30.2 Å². The first-order chi connectivity index (χ1) is 11.3. The van der Waals surface area contributed by atoms with Gasteiger partial charge in [-0.05, 0) is 25.0 Å². The summed E-state index contributed by atoms with van der Waals surface area (Å²) in [7, 11) is 0. The van der Waals surface area contributed by atoms with E-state index >= 15 is 0 Å². The molecule has 1 amide bonds. The maximum absolute atomic E-state index is 12.7. The smallest absolute Gasteiger partial charge is 0.226 e. The lowest BCUT2D eigenvalue weighted by atomic mass is 10.2. The molecular weight excluding hydrogens is 310 g/mol. The van der Waals surface area contributed by atoms with Crippen molar-refractivity contribution in [3.05, 3.63) is 40.7 Å². The molecule has 2 fully saturated rings. The van der Waals surface area contributed by atoms with Gasteiger partial charge in [-0.2, -0.15) is 0 Å². The molecule has 6 heteroatoms. The number of hydrogen-bond acceptors (Lipinski definition) is 5. The second-order valence-corrected chi connectivity index (χ2v) is 7.12. The van der Waals surface area contributed by atoms with Crippen LogP contribution in [0.25, 0.3) is 0 Å². The van der Waals surface area contributed by atoms with Crippen LogP contribution in [-0.2, 0) is 11.3 Å². The van der Waals surface area contributed by atoms with Gasteiger partial charge in [0.05, 0.1) is 17.5 Å². The standard InChI is InChI=1S/C17H21N3O2S/c21-17(15-9-14(15)16-3-1-8-22-16)20-5-2-4-19(6-7-20)10-13-11-23-12-18-13/h1,3,8,11-12,14-15H,2,4-7,9-10H2/t14-,15-/m1/s1. The topological polar surface area (TPSA) is 49.6 Å². The number of thiazole rings is 1. The quantitative estimate of drug-likeness (QED) is 0.864. The third-order valence-electron chi connectivity index (χ3n) is 4.79. The molecule has 23 heavy (non-hydrogen) atoms. The largest absolute Gasteiger partial charge is 0.469 e. The summed E-state index contributed by atoms with van der Waals surface area (Å²) < 4.78 is 5.44. The number of amides is 1. The Morgan fingerprint density at radius 3 is 3.09 bits per heavy atom. The third-order valence-corrected chi connectivity index (χ3v) is 5.42. The van der Waals surface area contributed by atoms with Crippen LogP contribution >= 0.6 is 11.3 Å². The SMILES string of the molecule is O=C([C@@H]1C[C@H]1c1ccco1)N1CCCN(Cc2cscn2)CC1. The molecule has 4 rings (SSSR count). The van der Waals surface area contributed by atoms with Crippen molar-refractivity contribution in [3.63, 3.8) is 0 Å². The summed E-state index contributed by atoms with van der Waals surface area (Å²) in [5.41, 5.74) is 3.01. The van der Waals surface area contributed by atoms with E-state index in [0.717, 1.165) is 57.0 Å². The Balaban J connectivity index is 1.31. The Hall–Kier alpha value is -1.66. The number of hydrogen-bond donors (Lipinski definition) is 0. The lowest BCUT2D eigenvalue weighted by molar-refractivity contribution is -0.132. The summed E-state index contributed by atoms with van der Waals surface area (Å²) in [6.07, 6.45) is 3.66. The zero-order valence-corrected chi connectivity index (χ0v) is 13.9. The molecule has 0 bridgehead atoms. The molecule has 3 heterocycles. The van der Waals surface area contributed by atoms with E-state index in [1.807, 2.05) is 17.6 Å². The summed E-state index contributed by atoms with van der Waals surface area (Å²) in [4.78, 5) is 21.5. The fourth-order valence-electron chi connectivity index (χ4n) is 3.41. The van der Waals surface area contributed by atoms with Crippen LogP contribution < -0.4 is 0 Å². The molecule has 1 aliphatic carbocycles. The molecule has 2 aromatic heterocycles. The van der Waals surface area contributed by atoms with Crippen molar-refractivity contribution in [1.82, 2.24) is 14.8 Å². The normalized spacial score (nSPS) is 25.3. The van der Waals surface area contributed by atoms with E-state index in [4.69, 9.17) is 4.42 Å². The van der Waals surface area contributed by atoms with E-state index < -0.39 is 0 Å². The number of nitrogens with zero attached hydrogens (tertiary/aromatic N) is 3. The van der Waals surface area contributed by atoms with Gasteiger partial charge in [-0.15, -0.1) is 11.3 Å². The fourth-order valence-corrected chi connectivity index (χ4v) is 3.96. The van der Waals surface area contributed by atoms with Crippen molar-refractivity contribution in [1.29, 1.82) is 0 Å². The first-order valence-electron chi connectivity index (χ1n) is 8.23. The highest BCUT2D eigenvalue weighted by Crippen LogP contribution is 2.48. The van der Waals surface area contributed by atoms with E-state index in [2.05, 4.69) is 20.2 Å². The summed E-state index contributed by atoms with van der Waals surface area (Å²) in [6, 6.07) is 3.88. The molecule has 0 radical (unpaired) electrons. The van der Waals surface area contributed by atoms with Crippen molar-refractivity contribution in [3.8, 4) is 0 Å². The van der Waals surface area contributed by atoms with Crippen molar-refractivity contribution in [2.24, 2.45) is 5.92 Å². The maximum atomic E-state index is 12.7. The molecule has 0 N–H and O–H groups in total. The van der Waals surface area contributed by atoms with Crippen LogP contribution in [0.3, 0.4) is 0 Å². The van der Waals surface area contributed by atoms with Crippen LogP contribution in [-0.4, -0.2) is 46.9 Å². The monoisotopic (exact) mass is 331 g/mol. The van der Waals surface area contributed by atoms with E-state index in [1.54, 1.807) is 17.6 Å². The van der Waals surface area contributed by atoms with Crippen LogP contribution in [0.4, 0.5) is 0 Å². The number of aromatic nitrogens is 1. The summed E-state index contributed by atoms with van der Waals surface area (Å²) in [6.45, 7) is 4.55. The van der Waals surface area contributed by atoms with Crippen molar-refractivity contribution < 1.29 is 9.21 Å². The molecule has 2 atom stereocenters. The number of carbonyl (C=O) groups is 1. The van der Waals surface area contributed by atoms with Crippen LogP contribution in [0.2, 0.25) is 0 Å². The second-order valence-electron chi connectivity index (χ2n) is 6.40. The van der Waals surface area contributed by atoms with Crippen molar-refractivity contribution >= 4 is 17.2 Å². The van der Waals surface area contributed by atoms with Gasteiger partial charge in [0.15, 0.2) is 0 Å². The van der Waals surface area contributed by atoms with Gasteiger partial charge in [0.2, 0.25) is 5.91 Å². The van der Waals surface area contributed by atoms with Crippen LogP contribution in [0.5, 0.6) is 0 Å². The van der Waals surface area contributed by atoms with E-state index in [9.17, 15) is 4.79 Å². The van der Waals surface area contributed by atoms with Gasteiger partial charge in [0, 0.05) is 49.9 Å². The number of furan rings is 1. The van der Waals surface area contributed by atoms with Gasteiger partial charge in [-0.3, -0.25) is 9.69 Å². The predicted octanol–water partition coefficient (Wildman–Crippen LogP) is 2.57. The van der Waals surface area contributed by atoms with Gasteiger partial charge in [-0.25, -0.2) is 4.98 Å². The van der Waals surface area contributed by atoms with Crippen LogP contribution in [0, 0.1) is 5.92 Å². The zero-order chi connectivity index (χ0) is 15.6. The summed E-state index contributed by atoms with van der Waals surface area (Å²) in [5, 5.41) is 2.10. The van der Waals surface area contributed by atoms with E-state index in [1.165, 1.54) is 0 Å². The number of rotatable bonds is 4. The molecule has 5 nitrogen and oxygen atoms in total. The van der Waals surface area contributed by atoms with Gasteiger partial charge in [-0.1, -0.05) is 0 Å². The zero-order valence-electron chi connectivity index (χ0n) is 13.1. The van der Waals surface area contributed by atoms with Gasteiger partial charge < -0.3 is 9.32 Å². The molecule has 2 aromatic rings. The van der Waals surface area contributed by atoms with E-state index in [-0.39, 0.29) is 5.92 Å². The van der Waals surface area contributed by atoms with E-state index in [0.29, 0.717) is 11.8 Å². The lowest BCUT2D eigenvalue weighted by Crippen LogP contribution is -2.36. The Kier molecular flexibility index (Phi) is 4.18. The molecule has 0 aromatic carbocycles. The Morgan fingerprint density at radius 1 is 1.35 bits per heavy atom. The van der Waals surface area contributed by atoms with Crippen LogP contribution in [0.15, 0.2) is 33.7 Å². The van der Waals surface area contributed by atoms with Gasteiger partial charge in [0.25, 0.3) is 0 Å². The maximum Gasteiger partial charge on any atom is 0.226 e. The van der Waals surface area contributed by atoms with Gasteiger partial charge in [0.1, 0.15) is 5.76 Å². The average Bonchev–Trinajstić information content (AvgIpc) is 2.96. The molecule has 122 valence electrons. The molecule has 1 saturated heterocycles. The second kappa shape index (κ2) is 6.45. The minimum atomic E-state index is 0.131. The Labute approximate surface area is 139 Å². The molecular formula is C17H21N3O2S. The Bertz CT molecular complexity index is 641. The molecule has 1 saturated carbocycles. The fraction of sp³-hybridized carbons (Fsp3) is 0.529. The molecule has 1 aliphatic heterocycles. The summed E-state index contributed by atoms with van der Waals surface area (Å²) in [5.74, 6) is 1.70.